The summed E-state index contributed by atoms with van der Waals surface area (Å²) in [5.41, 5.74) is 5.88. The summed E-state index contributed by atoms with van der Waals surface area (Å²) in [5.74, 6) is 0.214. The molecule has 4 nitrogen and oxygen atoms in total. The highest BCUT2D eigenvalue weighted by atomic mass is 16.3. The van der Waals surface area contributed by atoms with E-state index >= 15 is 0 Å². The number of hydrogen-bond acceptors (Lipinski definition) is 3. The summed E-state index contributed by atoms with van der Waals surface area (Å²) >= 11 is 0. The Hall–Kier alpha value is -1.39. The molecule has 1 aromatic carbocycles. The quantitative estimate of drug-likeness (QED) is 0.736. The third-order valence-corrected chi connectivity index (χ3v) is 3.61. The lowest BCUT2D eigenvalue weighted by Gasteiger charge is -2.32. The maximum atomic E-state index is 12.1. The predicted molar refractivity (Wildman–Crippen MR) is 69.7 cm³/mol. The fourth-order valence-electron chi connectivity index (χ4n) is 2.20. The fourth-order valence-corrected chi connectivity index (χ4v) is 2.20. The molecule has 4 heteroatoms. The lowest BCUT2D eigenvalue weighted by molar-refractivity contribution is -0.126. The second kappa shape index (κ2) is 5.08. The van der Waals surface area contributed by atoms with Crippen molar-refractivity contribution in [3.05, 3.63) is 35.9 Å². The Bertz CT molecular complexity index is 411. The topological polar surface area (TPSA) is 75.4 Å². The van der Waals surface area contributed by atoms with Crippen molar-refractivity contribution in [3.8, 4) is 0 Å². The van der Waals surface area contributed by atoms with Gasteiger partial charge in [0.2, 0.25) is 5.91 Å². The Morgan fingerprint density at radius 1 is 1.44 bits per heavy atom. The third-order valence-electron chi connectivity index (χ3n) is 3.61. The van der Waals surface area contributed by atoms with Crippen molar-refractivity contribution in [1.29, 1.82) is 0 Å². The minimum atomic E-state index is -1.01. The van der Waals surface area contributed by atoms with Crippen LogP contribution in [0.4, 0.5) is 0 Å². The van der Waals surface area contributed by atoms with Gasteiger partial charge in [0.05, 0.1) is 6.10 Å². The van der Waals surface area contributed by atoms with Crippen molar-refractivity contribution in [2.75, 3.05) is 6.54 Å². The summed E-state index contributed by atoms with van der Waals surface area (Å²) in [6.45, 7) is 2.31. The maximum Gasteiger partial charge on any atom is 0.244 e. The number of rotatable bonds is 4. The van der Waals surface area contributed by atoms with Crippen LogP contribution in [0.1, 0.15) is 25.3 Å². The van der Waals surface area contributed by atoms with Crippen LogP contribution in [-0.4, -0.2) is 23.7 Å². The fraction of sp³-hybridized carbons (Fsp3) is 0.500. The largest absolute Gasteiger partial charge is 0.393 e. The van der Waals surface area contributed by atoms with Crippen molar-refractivity contribution in [3.63, 3.8) is 0 Å². The SMILES string of the molecule is CC(N)(C(=O)NCC1CC(O)C1)c1ccccc1. The second-order valence-corrected chi connectivity index (χ2v) is 5.27. The van der Waals surface area contributed by atoms with Gasteiger partial charge in [0.25, 0.3) is 0 Å². The van der Waals surface area contributed by atoms with Gasteiger partial charge in [-0.1, -0.05) is 30.3 Å². The number of aliphatic hydroxyl groups is 1. The zero-order valence-electron chi connectivity index (χ0n) is 10.6. The molecule has 0 saturated heterocycles. The highest BCUT2D eigenvalue weighted by Gasteiger charge is 2.32. The van der Waals surface area contributed by atoms with E-state index in [1.165, 1.54) is 0 Å². The minimum Gasteiger partial charge on any atom is -0.393 e. The minimum absolute atomic E-state index is 0.171. The van der Waals surface area contributed by atoms with E-state index in [2.05, 4.69) is 5.32 Å². The van der Waals surface area contributed by atoms with Gasteiger partial charge in [0.15, 0.2) is 0 Å². The average molecular weight is 248 g/mol. The second-order valence-electron chi connectivity index (χ2n) is 5.27. The first-order chi connectivity index (χ1) is 8.50. The van der Waals surface area contributed by atoms with Crippen LogP contribution in [0.25, 0.3) is 0 Å². The molecule has 0 aromatic heterocycles. The van der Waals surface area contributed by atoms with Crippen LogP contribution in [0.2, 0.25) is 0 Å². The highest BCUT2D eigenvalue weighted by molar-refractivity contribution is 5.86. The summed E-state index contributed by atoms with van der Waals surface area (Å²) in [4.78, 5) is 12.1. The molecule has 1 amide bonds. The van der Waals surface area contributed by atoms with Crippen LogP contribution in [0.15, 0.2) is 30.3 Å². The smallest absolute Gasteiger partial charge is 0.244 e. The molecule has 1 fully saturated rings. The van der Waals surface area contributed by atoms with Gasteiger partial charge in [-0.2, -0.15) is 0 Å². The number of nitrogens with one attached hydrogen (secondary N) is 1. The number of hydrogen-bond donors (Lipinski definition) is 3. The summed E-state index contributed by atoms with van der Waals surface area (Å²) in [7, 11) is 0. The van der Waals surface area contributed by atoms with Gasteiger partial charge in [0, 0.05) is 6.54 Å². The highest BCUT2D eigenvalue weighted by Crippen LogP contribution is 2.26. The summed E-state index contributed by atoms with van der Waals surface area (Å²) in [6, 6.07) is 9.35. The first-order valence-electron chi connectivity index (χ1n) is 6.31. The van der Waals surface area contributed by atoms with E-state index in [1.54, 1.807) is 6.92 Å². The molecule has 1 unspecified atom stereocenters. The maximum absolute atomic E-state index is 12.1. The van der Waals surface area contributed by atoms with Gasteiger partial charge in [0.1, 0.15) is 5.54 Å². The van der Waals surface area contributed by atoms with Crippen molar-refractivity contribution in [2.45, 2.75) is 31.4 Å². The molecule has 0 aliphatic heterocycles. The Balaban J connectivity index is 1.91. The van der Waals surface area contributed by atoms with E-state index in [9.17, 15) is 9.90 Å². The molecule has 1 aliphatic rings. The normalized spacial score (nSPS) is 25.9. The third kappa shape index (κ3) is 2.71. The predicted octanol–water partition coefficient (Wildman–Crippen LogP) is 0.748. The van der Waals surface area contributed by atoms with E-state index < -0.39 is 5.54 Å². The van der Waals surface area contributed by atoms with E-state index in [0.717, 1.165) is 18.4 Å². The Morgan fingerprint density at radius 3 is 2.61 bits per heavy atom. The van der Waals surface area contributed by atoms with Gasteiger partial charge in [-0.3, -0.25) is 4.79 Å². The summed E-state index contributed by atoms with van der Waals surface area (Å²) in [5, 5.41) is 12.1. The number of amides is 1. The van der Waals surface area contributed by atoms with Gasteiger partial charge in [-0.05, 0) is 31.2 Å². The molecule has 0 bridgehead atoms. The zero-order chi connectivity index (χ0) is 13.2. The van der Waals surface area contributed by atoms with E-state index in [0.29, 0.717) is 12.5 Å². The van der Waals surface area contributed by atoms with Crippen molar-refractivity contribution < 1.29 is 9.90 Å². The number of nitrogens with two attached hydrogens (primary N) is 1. The van der Waals surface area contributed by atoms with Crippen LogP contribution in [0, 0.1) is 5.92 Å². The first kappa shape index (κ1) is 13.1. The number of carbonyl (C=O) groups is 1. The molecular formula is C14H20N2O2. The van der Waals surface area contributed by atoms with Crippen LogP contribution in [-0.2, 0) is 10.3 Å². The molecule has 1 atom stereocenters. The molecular weight excluding hydrogens is 228 g/mol. The molecule has 98 valence electrons. The Morgan fingerprint density at radius 2 is 2.06 bits per heavy atom. The van der Waals surface area contributed by atoms with Crippen molar-refractivity contribution in [2.24, 2.45) is 11.7 Å². The van der Waals surface area contributed by atoms with E-state index in [-0.39, 0.29) is 12.0 Å². The van der Waals surface area contributed by atoms with Gasteiger partial charge in [-0.25, -0.2) is 0 Å². The van der Waals surface area contributed by atoms with Crippen molar-refractivity contribution >= 4 is 5.91 Å². The monoisotopic (exact) mass is 248 g/mol. The molecule has 1 aromatic rings. The molecule has 0 spiro atoms. The molecule has 4 N–H and O–H groups in total. The summed E-state index contributed by atoms with van der Waals surface area (Å²) in [6.07, 6.45) is 1.35. The van der Waals surface area contributed by atoms with Gasteiger partial charge < -0.3 is 16.2 Å². The Kier molecular flexibility index (Phi) is 3.68. The lowest BCUT2D eigenvalue weighted by atomic mass is 9.82. The van der Waals surface area contributed by atoms with Crippen LogP contribution in [0.5, 0.6) is 0 Å². The van der Waals surface area contributed by atoms with Crippen molar-refractivity contribution in [1.82, 2.24) is 5.32 Å². The van der Waals surface area contributed by atoms with Gasteiger partial charge >= 0.3 is 0 Å². The first-order valence-corrected chi connectivity index (χ1v) is 6.31. The number of benzene rings is 1. The van der Waals surface area contributed by atoms with Crippen LogP contribution < -0.4 is 11.1 Å². The van der Waals surface area contributed by atoms with E-state index in [4.69, 9.17) is 5.73 Å². The molecule has 1 aliphatic carbocycles. The number of aliphatic hydroxyl groups excluding tert-OH is 1. The standard InChI is InChI=1S/C14H20N2O2/c1-14(15,11-5-3-2-4-6-11)13(18)16-9-10-7-12(17)8-10/h2-6,10,12,17H,7-9,15H2,1H3,(H,16,18). The molecule has 0 heterocycles. The van der Waals surface area contributed by atoms with Crippen LogP contribution >= 0.6 is 0 Å². The molecule has 1 saturated carbocycles. The van der Waals surface area contributed by atoms with Gasteiger partial charge in [-0.15, -0.1) is 0 Å². The molecule has 0 radical (unpaired) electrons. The number of carbonyl (C=O) groups excluding carboxylic acids is 1. The zero-order valence-corrected chi connectivity index (χ0v) is 10.6. The van der Waals surface area contributed by atoms with E-state index in [1.807, 2.05) is 30.3 Å². The summed E-state index contributed by atoms with van der Waals surface area (Å²) < 4.78 is 0. The molecule has 18 heavy (non-hydrogen) atoms. The Labute approximate surface area is 107 Å². The lowest BCUT2D eigenvalue weighted by Crippen LogP contribution is -2.51. The van der Waals surface area contributed by atoms with Crippen LogP contribution in [0.3, 0.4) is 0 Å². The molecule has 2 rings (SSSR count). The average Bonchev–Trinajstić information content (AvgIpc) is 2.34.